The molecule has 1 unspecified atom stereocenters. The molecule has 0 radical (unpaired) electrons. The van der Waals surface area contributed by atoms with Crippen molar-refractivity contribution < 1.29 is 19.4 Å². The van der Waals surface area contributed by atoms with Crippen LogP contribution in [0, 0.1) is 0 Å². The van der Waals surface area contributed by atoms with Crippen molar-refractivity contribution in [1.82, 2.24) is 15.1 Å². The fourth-order valence-electron chi connectivity index (χ4n) is 2.20. The Kier molecular flexibility index (Phi) is 4.15. The molecule has 1 amide bonds. The number of piperazine rings is 1. The zero-order valence-corrected chi connectivity index (χ0v) is 10.5. The van der Waals surface area contributed by atoms with Crippen molar-refractivity contribution in [3.63, 3.8) is 0 Å². The van der Waals surface area contributed by atoms with Crippen LogP contribution in [-0.2, 0) is 14.3 Å². The summed E-state index contributed by atoms with van der Waals surface area (Å²) >= 11 is 0. The fraction of sp³-hybridized carbons (Fsp3) is 0.818. The summed E-state index contributed by atoms with van der Waals surface area (Å²) in [6.45, 7) is 3.01. The smallest absolute Gasteiger partial charge is 0.324 e. The van der Waals surface area contributed by atoms with Crippen LogP contribution in [0.3, 0.4) is 0 Å². The molecule has 0 aromatic heterocycles. The molecule has 18 heavy (non-hydrogen) atoms. The number of hydrogen-bond acceptors (Lipinski definition) is 6. The lowest BCUT2D eigenvalue weighted by Crippen LogP contribution is -2.59. The van der Waals surface area contributed by atoms with E-state index < -0.39 is 0 Å². The average Bonchev–Trinajstić information content (AvgIpc) is 2.34. The SMILES string of the molecule is COC(=O)C1CN(CC(=O)N2CC(O)C2)CCN1. The van der Waals surface area contributed by atoms with Crippen molar-refractivity contribution in [3.05, 3.63) is 0 Å². The Morgan fingerprint density at radius 2 is 2.11 bits per heavy atom. The third-order valence-electron chi connectivity index (χ3n) is 3.32. The van der Waals surface area contributed by atoms with Crippen molar-refractivity contribution in [2.45, 2.75) is 12.1 Å². The van der Waals surface area contributed by atoms with Crippen LogP contribution in [0.25, 0.3) is 0 Å². The molecule has 0 bridgehead atoms. The Labute approximate surface area is 106 Å². The molecule has 0 saturated carbocycles. The lowest BCUT2D eigenvalue weighted by molar-refractivity contribution is -0.147. The highest BCUT2D eigenvalue weighted by Crippen LogP contribution is 2.09. The van der Waals surface area contributed by atoms with E-state index in [-0.39, 0.29) is 24.0 Å². The van der Waals surface area contributed by atoms with E-state index in [9.17, 15) is 9.59 Å². The number of nitrogens with one attached hydrogen (secondary N) is 1. The van der Waals surface area contributed by atoms with E-state index in [1.807, 2.05) is 4.90 Å². The number of hydrogen-bond donors (Lipinski definition) is 2. The minimum Gasteiger partial charge on any atom is -0.468 e. The van der Waals surface area contributed by atoms with Gasteiger partial charge in [0.2, 0.25) is 5.91 Å². The minimum atomic E-state index is -0.375. The molecule has 2 aliphatic rings. The number of likely N-dealkylation sites (tertiary alicyclic amines) is 1. The molecule has 2 aliphatic heterocycles. The van der Waals surface area contributed by atoms with Crippen molar-refractivity contribution in [3.8, 4) is 0 Å². The van der Waals surface area contributed by atoms with Crippen molar-refractivity contribution in [1.29, 1.82) is 0 Å². The third-order valence-corrected chi connectivity index (χ3v) is 3.32. The molecule has 2 N–H and O–H groups in total. The number of aliphatic hydroxyl groups is 1. The van der Waals surface area contributed by atoms with Gasteiger partial charge in [0.05, 0.1) is 19.8 Å². The number of esters is 1. The van der Waals surface area contributed by atoms with E-state index in [0.29, 0.717) is 32.7 Å². The average molecular weight is 257 g/mol. The number of ether oxygens (including phenoxy) is 1. The van der Waals surface area contributed by atoms with Gasteiger partial charge in [0.1, 0.15) is 6.04 Å². The van der Waals surface area contributed by atoms with Gasteiger partial charge in [-0.05, 0) is 0 Å². The number of amides is 1. The van der Waals surface area contributed by atoms with Crippen LogP contribution >= 0.6 is 0 Å². The summed E-state index contributed by atoms with van der Waals surface area (Å²) in [6, 6.07) is -0.362. The first-order valence-electron chi connectivity index (χ1n) is 6.09. The molecule has 102 valence electrons. The highest BCUT2D eigenvalue weighted by molar-refractivity contribution is 5.79. The Balaban J connectivity index is 1.78. The maximum Gasteiger partial charge on any atom is 0.324 e. The summed E-state index contributed by atoms with van der Waals surface area (Å²) in [5.74, 6) is -0.294. The van der Waals surface area contributed by atoms with E-state index in [0.717, 1.165) is 6.54 Å². The molecule has 0 aliphatic carbocycles. The molecule has 0 aromatic carbocycles. The van der Waals surface area contributed by atoms with Gasteiger partial charge in [-0.1, -0.05) is 0 Å². The minimum absolute atomic E-state index is 0.00539. The first-order valence-corrected chi connectivity index (χ1v) is 6.09. The molecular weight excluding hydrogens is 238 g/mol. The van der Waals surface area contributed by atoms with E-state index in [1.54, 1.807) is 4.90 Å². The molecule has 2 saturated heterocycles. The standard InChI is InChI=1S/C11H19N3O4/c1-18-11(17)9-6-13(3-2-12-9)7-10(16)14-4-8(15)5-14/h8-9,12,15H,2-7H2,1H3. The Morgan fingerprint density at radius 1 is 1.39 bits per heavy atom. The molecule has 0 spiro atoms. The second kappa shape index (κ2) is 5.64. The molecule has 2 heterocycles. The van der Waals surface area contributed by atoms with Crippen LogP contribution in [0.5, 0.6) is 0 Å². The summed E-state index contributed by atoms with van der Waals surface area (Å²) in [5.41, 5.74) is 0. The van der Waals surface area contributed by atoms with Crippen molar-refractivity contribution in [2.24, 2.45) is 0 Å². The Bertz CT molecular complexity index is 330. The Morgan fingerprint density at radius 3 is 2.72 bits per heavy atom. The van der Waals surface area contributed by atoms with E-state index in [2.05, 4.69) is 10.1 Å². The Hall–Kier alpha value is -1.18. The van der Waals surface area contributed by atoms with E-state index in [4.69, 9.17) is 5.11 Å². The largest absolute Gasteiger partial charge is 0.468 e. The van der Waals surface area contributed by atoms with Gasteiger partial charge in [-0.3, -0.25) is 14.5 Å². The quantitative estimate of drug-likeness (QED) is 0.550. The molecule has 7 heteroatoms. The van der Waals surface area contributed by atoms with Crippen LogP contribution in [-0.4, -0.2) is 85.3 Å². The summed E-state index contributed by atoms with van der Waals surface area (Å²) in [6.07, 6.45) is -0.375. The van der Waals surface area contributed by atoms with Gasteiger partial charge < -0.3 is 20.1 Å². The maximum absolute atomic E-state index is 11.8. The van der Waals surface area contributed by atoms with E-state index >= 15 is 0 Å². The maximum atomic E-state index is 11.8. The zero-order valence-electron chi connectivity index (χ0n) is 10.5. The summed E-state index contributed by atoms with van der Waals surface area (Å²) < 4.78 is 4.68. The number of β-amino-alcohol motifs (C(OH)–C–C–N with tert-alkyl or cyclic N) is 1. The van der Waals surface area contributed by atoms with Crippen LogP contribution in [0.15, 0.2) is 0 Å². The monoisotopic (exact) mass is 257 g/mol. The van der Waals surface area contributed by atoms with Gasteiger partial charge in [0.25, 0.3) is 0 Å². The number of nitrogens with zero attached hydrogens (tertiary/aromatic N) is 2. The second-order valence-electron chi connectivity index (χ2n) is 4.72. The number of methoxy groups -OCH3 is 1. The van der Waals surface area contributed by atoms with Gasteiger partial charge in [0.15, 0.2) is 0 Å². The normalized spacial score (nSPS) is 25.7. The fourth-order valence-corrected chi connectivity index (χ4v) is 2.20. The lowest BCUT2D eigenvalue weighted by atomic mass is 10.1. The highest BCUT2D eigenvalue weighted by Gasteiger charge is 2.32. The van der Waals surface area contributed by atoms with Crippen LogP contribution in [0.4, 0.5) is 0 Å². The zero-order chi connectivity index (χ0) is 13.1. The van der Waals surface area contributed by atoms with Crippen molar-refractivity contribution in [2.75, 3.05) is 46.4 Å². The topological polar surface area (TPSA) is 82.1 Å². The molecule has 2 rings (SSSR count). The molecule has 7 nitrogen and oxygen atoms in total. The van der Waals surface area contributed by atoms with Gasteiger partial charge in [-0.15, -0.1) is 0 Å². The number of carbonyl (C=O) groups is 2. The molecule has 1 atom stereocenters. The lowest BCUT2D eigenvalue weighted by Gasteiger charge is -2.38. The third kappa shape index (κ3) is 2.98. The van der Waals surface area contributed by atoms with Crippen molar-refractivity contribution >= 4 is 11.9 Å². The summed E-state index contributed by atoms with van der Waals surface area (Å²) in [7, 11) is 1.36. The molecular formula is C11H19N3O4. The molecule has 2 fully saturated rings. The van der Waals surface area contributed by atoms with Gasteiger partial charge in [-0.25, -0.2) is 0 Å². The van der Waals surface area contributed by atoms with Crippen LogP contribution in [0.1, 0.15) is 0 Å². The van der Waals surface area contributed by atoms with Gasteiger partial charge in [0, 0.05) is 32.7 Å². The summed E-state index contributed by atoms with van der Waals surface area (Å²) in [4.78, 5) is 26.8. The highest BCUT2D eigenvalue weighted by atomic mass is 16.5. The van der Waals surface area contributed by atoms with E-state index in [1.165, 1.54) is 7.11 Å². The van der Waals surface area contributed by atoms with Gasteiger partial charge >= 0.3 is 5.97 Å². The number of carbonyl (C=O) groups excluding carboxylic acids is 2. The first kappa shape index (κ1) is 13.3. The predicted molar refractivity (Wildman–Crippen MR) is 62.8 cm³/mol. The van der Waals surface area contributed by atoms with Crippen LogP contribution < -0.4 is 5.32 Å². The first-order chi connectivity index (χ1) is 8.60. The predicted octanol–water partition coefficient (Wildman–Crippen LogP) is -2.36. The number of aliphatic hydroxyl groups excluding tert-OH is 1. The van der Waals surface area contributed by atoms with Crippen LogP contribution in [0.2, 0.25) is 0 Å². The van der Waals surface area contributed by atoms with Gasteiger partial charge in [-0.2, -0.15) is 0 Å². The second-order valence-corrected chi connectivity index (χ2v) is 4.72. The number of rotatable bonds is 3. The summed E-state index contributed by atoms with van der Waals surface area (Å²) in [5, 5.41) is 12.2. The molecule has 0 aromatic rings.